The molecule has 2 aliphatic heterocycles. The molecule has 8 heteroatoms. The number of thioether (sulfide) groups is 1. The Morgan fingerprint density at radius 1 is 1.07 bits per heavy atom. The first-order chi connectivity index (χ1) is 12.9. The third-order valence-corrected chi connectivity index (χ3v) is 7.79. The molecule has 0 aliphatic carbocycles. The fraction of sp³-hybridized carbons (Fsp3) is 0.316. The summed E-state index contributed by atoms with van der Waals surface area (Å²) in [5.74, 6) is 0.638. The fourth-order valence-corrected chi connectivity index (χ4v) is 6.47. The van der Waals surface area contributed by atoms with E-state index in [1.807, 2.05) is 24.3 Å². The molecule has 2 aromatic rings. The van der Waals surface area contributed by atoms with E-state index in [1.165, 1.54) is 12.1 Å². The van der Waals surface area contributed by atoms with Crippen LogP contribution in [0.1, 0.15) is 11.1 Å². The minimum absolute atomic E-state index is 0.107. The van der Waals surface area contributed by atoms with Gasteiger partial charge in [-0.2, -0.15) is 0 Å². The van der Waals surface area contributed by atoms with E-state index in [9.17, 15) is 12.8 Å². The number of amidine groups is 1. The topological polar surface area (TPSA) is 49.7 Å². The maximum atomic E-state index is 13.1. The first kappa shape index (κ1) is 18.8. The third kappa shape index (κ3) is 4.31. The largest absolute Gasteiger partial charge is 0.341 e. The minimum Gasteiger partial charge on any atom is -0.341 e. The predicted octanol–water partition coefficient (Wildman–Crippen LogP) is 3.75. The van der Waals surface area contributed by atoms with Crippen molar-refractivity contribution in [3.63, 3.8) is 0 Å². The molecule has 1 saturated heterocycles. The average Bonchev–Trinajstić information content (AvgIpc) is 3.09. The Morgan fingerprint density at radius 2 is 1.74 bits per heavy atom. The highest BCUT2D eigenvalue weighted by atomic mass is 35.5. The van der Waals surface area contributed by atoms with Crippen LogP contribution in [0, 0.1) is 5.82 Å². The molecule has 1 fully saturated rings. The molecule has 2 aromatic carbocycles. The lowest BCUT2D eigenvalue weighted by Crippen LogP contribution is -2.38. The van der Waals surface area contributed by atoms with E-state index in [2.05, 4.69) is 4.90 Å². The Morgan fingerprint density at radius 3 is 2.44 bits per heavy atom. The summed E-state index contributed by atoms with van der Waals surface area (Å²) in [6, 6.07) is 13.6. The number of nitrogens with zero attached hydrogens (tertiary/aromatic N) is 2. The van der Waals surface area contributed by atoms with E-state index in [1.54, 1.807) is 23.9 Å². The number of aliphatic imine (C=N–C) groups is 1. The predicted molar refractivity (Wildman–Crippen MR) is 108 cm³/mol. The molecule has 0 bridgehead atoms. The van der Waals surface area contributed by atoms with Gasteiger partial charge in [-0.25, -0.2) is 12.8 Å². The monoisotopic (exact) mass is 424 g/mol. The molecule has 0 saturated carbocycles. The standard InChI is InChI=1S/C19H18ClFN2O2S2/c20-15-5-1-13(2-6-15)9-23-18-12-27(24,25)11-17(18)22-19(23)26-10-14-3-7-16(21)8-4-14/h1-8,17-18H,9-12H2/t17-,18+/m1/s1. The lowest BCUT2D eigenvalue weighted by Gasteiger charge is -2.26. The maximum absolute atomic E-state index is 13.1. The van der Waals surface area contributed by atoms with Gasteiger partial charge in [-0.3, -0.25) is 4.99 Å². The van der Waals surface area contributed by atoms with Crippen LogP contribution in [0.4, 0.5) is 4.39 Å². The average molecular weight is 425 g/mol. The Bertz CT molecular complexity index is 962. The van der Waals surface area contributed by atoms with Gasteiger partial charge in [0.2, 0.25) is 0 Å². The van der Waals surface area contributed by atoms with Crippen LogP contribution in [0.2, 0.25) is 5.02 Å². The molecule has 2 heterocycles. The van der Waals surface area contributed by atoms with Crippen molar-refractivity contribution in [1.29, 1.82) is 0 Å². The van der Waals surface area contributed by atoms with Crippen LogP contribution in [-0.4, -0.2) is 42.1 Å². The van der Waals surface area contributed by atoms with Crippen molar-refractivity contribution in [3.8, 4) is 0 Å². The smallest absolute Gasteiger partial charge is 0.160 e. The van der Waals surface area contributed by atoms with Crippen molar-refractivity contribution >= 4 is 38.4 Å². The summed E-state index contributed by atoms with van der Waals surface area (Å²) in [5.41, 5.74) is 2.06. The SMILES string of the molecule is O=S1(=O)C[C@H]2N=C(SCc3ccc(F)cc3)N(Cc3ccc(Cl)cc3)[C@H]2C1. The van der Waals surface area contributed by atoms with Gasteiger partial charge >= 0.3 is 0 Å². The summed E-state index contributed by atoms with van der Waals surface area (Å²) in [5, 5.41) is 1.51. The van der Waals surface area contributed by atoms with E-state index in [-0.39, 0.29) is 29.4 Å². The molecule has 0 unspecified atom stereocenters. The normalized spacial score (nSPS) is 23.3. The van der Waals surface area contributed by atoms with Crippen molar-refractivity contribution in [2.75, 3.05) is 11.5 Å². The zero-order chi connectivity index (χ0) is 19.0. The summed E-state index contributed by atoms with van der Waals surface area (Å²) >= 11 is 7.53. The van der Waals surface area contributed by atoms with Gasteiger partial charge in [0.1, 0.15) is 5.82 Å². The van der Waals surface area contributed by atoms with E-state index >= 15 is 0 Å². The Kier molecular flexibility index (Phi) is 5.18. The first-order valence-electron chi connectivity index (χ1n) is 8.56. The van der Waals surface area contributed by atoms with Gasteiger partial charge < -0.3 is 4.90 Å². The van der Waals surface area contributed by atoms with Gasteiger partial charge in [-0.05, 0) is 35.4 Å². The Balaban J connectivity index is 1.53. The highest BCUT2D eigenvalue weighted by Crippen LogP contribution is 2.33. The minimum atomic E-state index is -3.05. The summed E-state index contributed by atoms with van der Waals surface area (Å²) in [4.78, 5) is 6.79. The van der Waals surface area contributed by atoms with Gasteiger partial charge in [-0.15, -0.1) is 0 Å². The molecule has 0 spiro atoms. The first-order valence-corrected chi connectivity index (χ1v) is 11.7. The van der Waals surface area contributed by atoms with Gasteiger partial charge in [-0.1, -0.05) is 47.6 Å². The number of benzene rings is 2. The lowest BCUT2D eigenvalue weighted by atomic mass is 10.1. The molecular formula is C19H18ClFN2O2S2. The number of hydrogen-bond acceptors (Lipinski definition) is 5. The fourth-order valence-electron chi connectivity index (χ4n) is 3.41. The molecule has 4 nitrogen and oxygen atoms in total. The summed E-state index contributed by atoms with van der Waals surface area (Å²) < 4.78 is 37.2. The molecule has 4 rings (SSSR count). The summed E-state index contributed by atoms with van der Waals surface area (Å²) in [6.45, 7) is 0.586. The molecular weight excluding hydrogens is 407 g/mol. The highest BCUT2D eigenvalue weighted by Gasteiger charge is 2.46. The van der Waals surface area contributed by atoms with E-state index in [0.717, 1.165) is 16.3 Å². The van der Waals surface area contributed by atoms with Crippen LogP contribution in [0.3, 0.4) is 0 Å². The number of hydrogen-bond donors (Lipinski definition) is 0. The van der Waals surface area contributed by atoms with Crippen LogP contribution >= 0.6 is 23.4 Å². The maximum Gasteiger partial charge on any atom is 0.160 e. The van der Waals surface area contributed by atoms with Crippen molar-refractivity contribution < 1.29 is 12.8 Å². The van der Waals surface area contributed by atoms with Crippen molar-refractivity contribution in [3.05, 3.63) is 70.5 Å². The molecule has 0 amide bonds. The second-order valence-electron chi connectivity index (χ2n) is 6.79. The van der Waals surface area contributed by atoms with Crippen molar-refractivity contribution in [1.82, 2.24) is 4.90 Å². The van der Waals surface area contributed by atoms with Crippen LogP contribution in [0.25, 0.3) is 0 Å². The van der Waals surface area contributed by atoms with Gasteiger partial charge in [0.15, 0.2) is 15.0 Å². The molecule has 0 N–H and O–H groups in total. The number of halogens is 2. The third-order valence-electron chi connectivity index (χ3n) is 4.76. The van der Waals surface area contributed by atoms with E-state index < -0.39 is 9.84 Å². The van der Waals surface area contributed by atoms with Crippen LogP contribution in [0.5, 0.6) is 0 Å². The summed E-state index contributed by atoms with van der Waals surface area (Å²) in [6.07, 6.45) is 0. The number of sulfone groups is 1. The van der Waals surface area contributed by atoms with Crippen molar-refractivity contribution in [2.45, 2.75) is 24.4 Å². The Hall–Kier alpha value is -1.57. The van der Waals surface area contributed by atoms with Crippen LogP contribution < -0.4 is 0 Å². The molecule has 2 atom stereocenters. The Labute approximate surface area is 167 Å². The number of fused-ring (bicyclic) bond motifs is 1. The van der Waals surface area contributed by atoms with Gasteiger partial charge in [0.05, 0.1) is 23.6 Å². The van der Waals surface area contributed by atoms with E-state index in [4.69, 9.17) is 16.6 Å². The second kappa shape index (κ2) is 7.45. The van der Waals surface area contributed by atoms with Crippen LogP contribution in [0.15, 0.2) is 53.5 Å². The second-order valence-corrected chi connectivity index (χ2v) is 10.3. The molecule has 0 aromatic heterocycles. The molecule has 27 heavy (non-hydrogen) atoms. The summed E-state index contributed by atoms with van der Waals surface area (Å²) in [7, 11) is -3.05. The molecule has 142 valence electrons. The van der Waals surface area contributed by atoms with E-state index in [0.29, 0.717) is 17.3 Å². The van der Waals surface area contributed by atoms with Crippen LogP contribution in [-0.2, 0) is 22.1 Å². The zero-order valence-electron chi connectivity index (χ0n) is 14.4. The zero-order valence-corrected chi connectivity index (χ0v) is 16.8. The highest BCUT2D eigenvalue weighted by molar-refractivity contribution is 8.13. The number of rotatable bonds is 4. The lowest BCUT2D eigenvalue weighted by molar-refractivity contribution is 0.343. The van der Waals surface area contributed by atoms with Gasteiger partial charge in [0, 0.05) is 17.3 Å². The quantitative estimate of drug-likeness (QED) is 0.750. The molecule has 0 radical (unpaired) electrons. The molecule has 2 aliphatic rings. The van der Waals surface area contributed by atoms with Crippen molar-refractivity contribution in [2.24, 2.45) is 4.99 Å². The van der Waals surface area contributed by atoms with Gasteiger partial charge in [0.25, 0.3) is 0 Å².